The van der Waals surface area contributed by atoms with Gasteiger partial charge in [-0.3, -0.25) is 9.59 Å². The van der Waals surface area contributed by atoms with Crippen molar-refractivity contribution in [3.05, 3.63) is 0 Å². The van der Waals surface area contributed by atoms with Crippen molar-refractivity contribution in [2.75, 3.05) is 6.61 Å². The molecule has 0 bridgehead atoms. The highest BCUT2D eigenvalue weighted by molar-refractivity contribution is 5.69. The van der Waals surface area contributed by atoms with Crippen molar-refractivity contribution in [3.8, 4) is 0 Å². The molecule has 0 rings (SSSR count). The molecule has 0 heterocycles. The average molecular weight is 611 g/mol. The summed E-state index contributed by atoms with van der Waals surface area (Å²) in [6.07, 6.45) is 38.2. The zero-order chi connectivity index (χ0) is 32.1. The summed E-state index contributed by atoms with van der Waals surface area (Å²) >= 11 is 0. The van der Waals surface area contributed by atoms with Crippen molar-refractivity contribution in [2.45, 2.75) is 233 Å². The van der Waals surface area contributed by atoms with E-state index in [1.807, 2.05) is 13.8 Å². The molecular weight excluding hydrogens is 532 g/mol. The lowest BCUT2D eigenvalue weighted by atomic mass is 10.0. The molecular formula is C39H78O4. The first-order chi connectivity index (χ1) is 21.0. The van der Waals surface area contributed by atoms with Crippen molar-refractivity contribution < 1.29 is 19.1 Å². The number of carbonyl (C=O) groups excluding carboxylic acids is 2. The van der Waals surface area contributed by atoms with Gasteiger partial charge in [-0.1, -0.05) is 181 Å². The van der Waals surface area contributed by atoms with E-state index in [0.717, 1.165) is 25.7 Å². The Balaban J connectivity index is 0. The van der Waals surface area contributed by atoms with Crippen LogP contribution < -0.4 is 0 Å². The molecule has 0 spiro atoms. The topological polar surface area (TPSA) is 52.6 Å². The van der Waals surface area contributed by atoms with Gasteiger partial charge < -0.3 is 9.47 Å². The predicted molar refractivity (Wildman–Crippen MR) is 188 cm³/mol. The van der Waals surface area contributed by atoms with Gasteiger partial charge in [-0.25, -0.2) is 0 Å². The molecule has 4 nitrogen and oxygen atoms in total. The second-order valence-corrected chi connectivity index (χ2v) is 13.1. The van der Waals surface area contributed by atoms with E-state index in [4.69, 9.17) is 9.47 Å². The van der Waals surface area contributed by atoms with Gasteiger partial charge >= 0.3 is 11.9 Å². The molecule has 0 fully saturated rings. The molecule has 258 valence electrons. The summed E-state index contributed by atoms with van der Waals surface area (Å²) in [6.45, 7) is 11.1. The SMILES string of the molecule is CCCCCCCCCCCCCC(=O)OC(C)C.CCCCCCCCCCCCCCCCCC(=O)OCCCC. The lowest BCUT2D eigenvalue weighted by Crippen LogP contribution is -2.10. The minimum atomic E-state index is -0.0362. The fraction of sp³-hybridized carbons (Fsp3) is 0.949. The van der Waals surface area contributed by atoms with Gasteiger partial charge in [-0.05, 0) is 33.1 Å². The fourth-order valence-corrected chi connectivity index (χ4v) is 5.30. The quantitative estimate of drug-likeness (QED) is 0.0561. The Morgan fingerprint density at radius 2 is 0.674 bits per heavy atom. The van der Waals surface area contributed by atoms with Crippen LogP contribution in [0.1, 0.15) is 227 Å². The van der Waals surface area contributed by atoms with Crippen LogP contribution in [0.4, 0.5) is 0 Å². The van der Waals surface area contributed by atoms with Crippen LogP contribution in [0.2, 0.25) is 0 Å². The van der Waals surface area contributed by atoms with Gasteiger partial charge in [0.05, 0.1) is 12.7 Å². The summed E-state index contributed by atoms with van der Waals surface area (Å²) < 4.78 is 10.3. The van der Waals surface area contributed by atoms with Gasteiger partial charge in [0.15, 0.2) is 0 Å². The molecule has 0 aromatic rings. The Labute approximate surface area is 270 Å². The van der Waals surface area contributed by atoms with E-state index in [-0.39, 0.29) is 18.0 Å². The van der Waals surface area contributed by atoms with E-state index >= 15 is 0 Å². The number of esters is 2. The Morgan fingerprint density at radius 1 is 0.395 bits per heavy atom. The van der Waals surface area contributed by atoms with Crippen LogP contribution in [-0.2, 0) is 19.1 Å². The van der Waals surface area contributed by atoms with Gasteiger partial charge in [-0.15, -0.1) is 0 Å². The van der Waals surface area contributed by atoms with Gasteiger partial charge in [-0.2, -0.15) is 0 Å². The summed E-state index contributed by atoms with van der Waals surface area (Å²) in [5.74, 6) is -0.0379. The van der Waals surface area contributed by atoms with E-state index in [9.17, 15) is 9.59 Å². The molecule has 0 radical (unpaired) electrons. The van der Waals surface area contributed by atoms with Crippen LogP contribution in [0, 0.1) is 0 Å². The fourth-order valence-electron chi connectivity index (χ4n) is 5.30. The third-order valence-electron chi connectivity index (χ3n) is 8.10. The Bertz CT molecular complexity index is 545. The maximum atomic E-state index is 11.4. The molecule has 0 unspecified atom stereocenters. The second-order valence-electron chi connectivity index (χ2n) is 13.1. The van der Waals surface area contributed by atoms with Crippen LogP contribution in [0.15, 0.2) is 0 Å². The largest absolute Gasteiger partial charge is 0.466 e. The first-order valence-corrected chi connectivity index (χ1v) is 19.3. The molecule has 0 N–H and O–H groups in total. The van der Waals surface area contributed by atoms with Gasteiger partial charge in [0.1, 0.15) is 0 Å². The van der Waals surface area contributed by atoms with Crippen LogP contribution in [0.5, 0.6) is 0 Å². The van der Waals surface area contributed by atoms with Crippen molar-refractivity contribution in [1.82, 2.24) is 0 Å². The summed E-state index contributed by atoms with van der Waals surface area (Å²) in [7, 11) is 0. The zero-order valence-electron chi connectivity index (χ0n) is 30.1. The lowest BCUT2D eigenvalue weighted by molar-refractivity contribution is -0.147. The normalized spacial score (nSPS) is 10.9. The van der Waals surface area contributed by atoms with Crippen LogP contribution in [-0.4, -0.2) is 24.6 Å². The maximum absolute atomic E-state index is 11.4. The summed E-state index contributed by atoms with van der Waals surface area (Å²) in [6, 6.07) is 0. The first-order valence-electron chi connectivity index (χ1n) is 19.3. The molecule has 0 amide bonds. The number of hydrogen-bond donors (Lipinski definition) is 0. The molecule has 0 saturated carbocycles. The minimum absolute atomic E-state index is 0.00172. The molecule has 0 aromatic carbocycles. The average Bonchev–Trinajstić information content (AvgIpc) is 2.98. The highest BCUT2D eigenvalue weighted by Crippen LogP contribution is 2.14. The van der Waals surface area contributed by atoms with Crippen LogP contribution >= 0.6 is 0 Å². The molecule has 0 aliphatic carbocycles. The predicted octanol–water partition coefficient (Wildman–Crippen LogP) is 13.2. The number of ether oxygens (including phenoxy) is 2. The monoisotopic (exact) mass is 611 g/mol. The molecule has 4 heteroatoms. The van der Waals surface area contributed by atoms with E-state index in [0.29, 0.717) is 19.4 Å². The number of rotatable bonds is 32. The van der Waals surface area contributed by atoms with E-state index < -0.39 is 0 Å². The van der Waals surface area contributed by atoms with Crippen LogP contribution in [0.25, 0.3) is 0 Å². The minimum Gasteiger partial charge on any atom is -0.466 e. The van der Waals surface area contributed by atoms with Gasteiger partial charge in [0.2, 0.25) is 0 Å². The highest BCUT2D eigenvalue weighted by Gasteiger charge is 2.04. The lowest BCUT2D eigenvalue weighted by Gasteiger charge is -2.07. The van der Waals surface area contributed by atoms with Crippen molar-refractivity contribution in [3.63, 3.8) is 0 Å². The van der Waals surface area contributed by atoms with Gasteiger partial charge in [0.25, 0.3) is 0 Å². The smallest absolute Gasteiger partial charge is 0.306 e. The Hall–Kier alpha value is -1.06. The summed E-state index contributed by atoms with van der Waals surface area (Å²) in [4.78, 5) is 22.7. The second kappa shape index (κ2) is 39.0. The number of carbonyl (C=O) groups is 2. The molecule has 0 aliphatic heterocycles. The Morgan fingerprint density at radius 3 is 0.977 bits per heavy atom. The molecule has 43 heavy (non-hydrogen) atoms. The van der Waals surface area contributed by atoms with Gasteiger partial charge in [0, 0.05) is 12.8 Å². The molecule has 0 aromatic heterocycles. The van der Waals surface area contributed by atoms with E-state index in [1.54, 1.807) is 0 Å². The number of hydrogen-bond acceptors (Lipinski definition) is 4. The van der Waals surface area contributed by atoms with E-state index in [1.165, 1.54) is 154 Å². The molecule has 0 aliphatic rings. The summed E-state index contributed by atoms with van der Waals surface area (Å²) in [5.41, 5.74) is 0. The standard InChI is InChI=1S/C22H44O2.C17H34O2/c1-3-5-7-8-9-10-11-12-13-14-15-16-17-18-19-20-22(23)24-21-6-4-2;1-4-5-6-7-8-9-10-11-12-13-14-15-17(18)19-16(2)3/h3-21H2,1-2H3;16H,4-15H2,1-3H3. The maximum Gasteiger partial charge on any atom is 0.306 e. The van der Waals surface area contributed by atoms with Crippen molar-refractivity contribution >= 4 is 11.9 Å². The van der Waals surface area contributed by atoms with E-state index in [2.05, 4.69) is 20.8 Å². The third-order valence-corrected chi connectivity index (χ3v) is 8.10. The Kier molecular flexibility index (Phi) is 39.9. The zero-order valence-corrected chi connectivity index (χ0v) is 30.1. The first kappa shape index (κ1) is 44.1. The van der Waals surface area contributed by atoms with Crippen molar-refractivity contribution in [1.29, 1.82) is 0 Å². The molecule has 0 atom stereocenters. The summed E-state index contributed by atoms with van der Waals surface area (Å²) in [5, 5.41) is 0. The third kappa shape index (κ3) is 43.1. The highest BCUT2D eigenvalue weighted by atomic mass is 16.5. The van der Waals surface area contributed by atoms with Crippen molar-refractivity contribution in [2.24, 2.45) is 0 Å². The molecule has 0 saturated heterocycles. The van der Waals surface area contributed by atoms with Crippen LogP contribution in [0.3, 0.4) is 0 Å². The number of unbranched alkanes of at least 4 members (excludes halogenated alkanes) is 25.